The van der Waals surface area contributed by atoms with Crippen molar-refractivity contribution in [3.8, 4) is 11.3 Å². The lowest BCUT2D eigenvalue weighted by Gasteiger charge is -2.37. The maximum absolute atomic E-state index is 11.5. The van der Waals surface area contributed by atoms with Crippen molar-refractivity contribution in [1.29, 1.82) is 0 Å². The number of aryl methyl sites for hydroxylation is 1. The Morgan fingerprint density at radius 3 is 3.03 bits per heavy atom. The predicted molar refractivity (Wildman–Crippen MR) is 116 cm³/mol. The highest BCUT2D eigenvalue weighted by molar-refractivity contribution is 5.98. The van der Waals surface area contributed by atoms with E-state index in [9.17, 15) is 4.79 Å². The van der Waals surface area contributed by atoms with Crippen LogP contribution < -0.4 is 5.32 Å². The van der Waals surface area contributed by atoms with Crippen molar-refractivity contribution in [3.63, 3.8) is 0 Å². The molecule has 1 amide bonds. The monoisotopic (exact) mass is 422 g/mol. The molecule has 1 N–H and O–H groups in total. The van der Waals surface area contributed by atoms with Gasteiger partial charge in [0.15, 0.2) is 0 Å². The fourth-order valence-electron chi connectivity index (χ4n) is 4.55. The van der Waals surface area contributed by atoms with E-state index in [2.05, 4.69) is 16.4 Å². The standard InChI is InChI=1S/C23H26N4O4/c1-4-30-20-12-31-23(7-8-29-13-23)22-15(20)5-6-18(26-22)17-11-27(3)19-10-24-21(9-16(17)19)25-14(2)28/h5-6,9-11,20H,4,7-8,12-13H2,1-3H3,(H,24,25,28). The first kappa shape index (κ1) is 20.1. The van der Waals surface area contributed by atoms with Gasteiger partial charge in [0.25, 0.3) is 0 Å². The van der Waals surface area contributed by atoms with Crippen LogP contribution in [0.4, 0.5) is 5.82 Å². The third-order valence-corrected chi connectivity index (χ3v) is 6.03. The highest BCUT2D eigenvalue weighted by atomic mass is 16.6. The molecule has 31 heavy (non-hydrogen) atoms. The van der Waals surface area contributed by atoms with Gasteiger partial charge in [-0.25, -0.2) is 9.97 Å². The predicted octanol–water partition coefficient (Wildman–Crippen LogP) is 3.32. The Hall–Kier alpha value is -2.81. The lowest BCUT2D eigenvalue weighted by molar-refractivity contribution is -0.122. The van der Waals surface area contributed by atoms with Gasteiger partial charge in [-0.3, -0.25) is 4.79 Å². The minimum atomic E-state index is -0.521. The van der Waals surface area contributed by atoms with Gasteiger partial charge in [-0.15, -0.1) is 0 Å². The summed E-state index contributed by atoms with van der Waals surface area (Å²) in [6.07, 6.45) is 4.46. The molecule has 1 fully saturated rings. The molecule has 2 atom stereocenters. The van der Waals surface area contributed by atoms with Gasteiger partial charge in [-0.2, -0.15) is 0 Å². The number of aromatic nitrogens is 3. The number of anilines is 1. The molecule has 0 saturated carbocycles. The van der Waals surface area contributed by atoms with Crippen LogP contribution >= 0.6 is 0 Å². The molecule has 0 aromatic carbocycles. The third kappa shape index (κ3) is 3.40. The minimum Gasteiger partial charge on any atom is -0.378 e. The molecule has 1 saturated heterocycles. The molecule has 5 rings (SSSR count). The van der Waals surface area contributed by atoms with Crippen LogP contribution in [0.1, 0.15) is 37.6 Å². The summed E-state index contributed by atoms with van der Waals surface area (Å²) in [5.41, 5.74) is 4.24. The number of nitrogens with one attached hydrogen (secondary N) is 1. The molecule has 3 aromatic heterocycles. The van der Waals surface area contributed by atoms with E-state index in [1.54, 1.807) is 6.20 Å². The molecule has 5 heterocycles. The van der Waals surface area contributed by atoms with Gasteiger partial charge in [-0.1, -0.05) is 6.07 Å². The largest absolute Gasteiger partial charge is 0.378 e. The van der Waals surface area contributed by atoms with Gasteiger partial charge in [0.1, 0.15) is 17.5 Å². The van der Waals surface area contributed by atoms with E-state index >= 15 is 0 Å². The van der Waals surface area contributed by atoms with Crippen LogP contribution in [0.3, 0.4) is 0 Å². The molecule has 8 heteroatoms. The molecule has 2 unspecified atom stereocenters. The van der Waals surface area contributed by atoms with Crippen LogP contribution in [0, 0.1) is 0 Å². The number of rotatable bonds is 4. The number of pyridine rings is 2. The first-order valence-electron chi connectivity index (χ1n) is 10.6. The number of fused-ring (bicyclic) bond motifs is 3. The van der Waals surface area contributed by atoms with Crippen molar-refractivity contribution in [2.75, 3.05) is 31.7 Å². The van der Waals surface area contributed by atoms with Gasteiger partial charge in [-0.05, 0) is 19.1 Å². The lowest BCUT2D eigenvalue weighted by atomic mass is 9.88. The summed E-state index contributed by atoms with van der Waals surface area (Å²) < 4.78 is 19.9. The lowest BCUT2D eigenvalue weighted by Crippen LogP contribution is -2.39. The van der Waals surface area contributed by atoms with Crippen molar-refractivity contribution >= 4 is 22.6 Å². The first-order chi connectivity index (χ1) is 15.0. The third-order valence-electron chi connectivity index (χ3n) is 6.03. The minimum absolute atomic E-state index is 0.129. The Balaban J connectivity index is 1.65. The number of hydrogen-bond donors (Lipinski definition) is 1. The van der Waals surface area contributed by atoms with Crippen LogP contribution in [-0.2, 0) is 31.7 Å². The van der Waals surface area contributed by atoms with E-state index in [-0.39, 0.29) is 12.0 Å². The normalized spacial score (nSPS) is 22.7. The van der Waals surface area contributed by atoms with Crippen LogP contribution in [0.5, 0.6) is 0 Å². The number of ether oxygens (including phenoxy) is 3. The molecule has 0 aliphatic carbocycles. The quantitative estimate of drug-likeness (QED) is 0.694. The summed E-state index contributed by atoms with van der Waals surface area (Å²) >= 11 is 0. The van der Waals surface area contributed by atoms with Crippen molar-refractivity contribution in [2.24, 2.45) is 7.05 Å². The molecule has 2 aliphatic rings. The van der Waals surface area contributed by atoms with E-state index in [0.29, 0.717) is 32.2 Å². The van der Waals surface area contributed by atoms with Crippen LogP contribution in [0.2, 0.25) is 0 Å². The highest BCUT2D eigenvalue weighted by Gasteiger charge is 2.46. The Morgan fingerprint density at radius 2 is 2.29 bits per heavy atom. The maximum Gasteiger partial charge on any atom is 0.222 e. The van der Waals surface area contributed by atoms with E-state index < -0.39 is 5.60 Å². The average molecular weight is 422 g/mol. The van der Waals surface area contributed by atoms with Crippen molar-refractivity contribution in [3.05, 3.63) is 41.9 Å². The van der Waals surface area contributed by atoms with Crippen LogP contribution in [0.15, 0.2) is 30.6 Å². The van der Waals surface area contributed by atoms with Gasteiger partial charge in [0, 0.05) is 56.3 Å². The number of carbonyl (C=O) groups is 1. The fourth-order valence-corrected chi connectivity index (χ4v) is 4.55. The van der Waals surface area contributed by atoms with E-state index in [1.807, 2.05) is 36.9 Å². The fraction of sp³-hybridized carbons (Fsp3) is 0.435. The van der Waals surface area contributed by atoms with Gasteiger partial charge < -0.3 is 24.1 Å². The van der Waals surface area contributed by atoms with Gasteiger partial charge in [0.05, 0.1) is 36.3 Å². The number of nitrogens with zero attached hydrogens (tertiary/aromatic N) is 3. The van der Waals surface area contributed by atoms with Gasteiger partial charge in [0.2, 0.25) is 5.91 Å². The topological polar surface area (TPSA) is 87.5 Å². The van der Waals surface area contributed by atoms with Crippen molar-refractivity contribution in [1.82, 2.24) is 14.5 Å². The Bertz CT molecular complexity index is 1150. The van der Waals surface area contributed by atoms with Crippen LogP contribution in [0.25, 0.3) is 22.2 Å². The summed E-state index contributed by atoms with van der Waals surface area (Å²) in [5.74, 6) is 0.365. The van der Waals surface area contributed by atoms with Crippen molar-refractivity contribution < 1.29 is 19.0 Å². The summed E-state index contributed by atoms with van der Waals surface area (Å²) in [4.78, 5) is 20.9. The molecule has 162 valence electrons. The SMILES string of the molecule is CCOC1COC2(CCOC2)c2nc(-c3cn(C)c4cnc(NC(C)=O)cc34)ccc21. The summed E-state index contributed by atoms with van der Waals surface area (Å²) in [7, 11) is 1.98. The molecule has 0 bridgehead atoms. The summed E-state index contributed by atoms with van der Waals surface area (Å²) in [6.45, 7) is 5.74. The molecule has 0 radical (unpaired) electrons. The number of hydrogen-bond acceptors (Lipinski definition) is 6. The number of amides is 1. The second-order valence-electron chi connectivity index (χ2n) is 8.11. The van der Waals surface area contributed by atoms with Crippen molar-refractivity contribution in [2.45, 2.75) is 32.0 Å². The second kappa shape index (κ2) is 7.71. The zero-order valence-electron chi connectivity index (χ0n) is 18.0. The first-order valence-corrected chi connectivity index (χ1v) is 10.6. The summed E-state index contributed by atoms with van der Waals surface area (Å²) in [6, 6.07) is 6.03. The second-order valence-corrected chi connectivity index (χ2v) is 8.11. The van der Waals surface area contributed by atoms with E-state index in [4.69, 9.17) is 19.2 Å². The molecule has 8 nitrogen and oxygen atoms in total. The number of carbonyl (C=O) groups excluding carboxylic acids is 1. The Kier molecular flexibility index (Phi) is 5.00. The average Bonchev–Trinajstić information content (AvgIpc) is 3.35. The zero-order chi connectivity index (χ0) is 21.6. The molecule has 2 aliphatic heterocycles. The summed E-state index contributed by atoms with van der Waals surface area (Å²) in [5, 5.41) is 3.74. The Morgan fingerprint density at radius 1 is 1.42 bits per heavy atom. The smallest absolute Gasteiger partial charge is 0.222 e. The molecular weight excluding hydrogens is 396 g/mol. The molecule has 1 spiro atoms. The van der Waals surface area contributed by atoms with E-state index in [1.165, 1.54) is 6.92 Å². The highest BCUT2D eigenvalue weighted by Crippen LogP contribution is 2.44. The van der Waals surface area contributed by atoms with E-state index in [0.717, 1.165) is 39.8 Å². The Labute approximate surface area is 180 Å². The zero-order valence-corrected chi connectivity index (χ0v) is 18.0. The molecule has 3 aromatic rings. The molecular formula is C23H26N4O4. The van der Waals surface area contributed by atoms with Crippen LogP contribution in [-0.4, -0.2) is 46.9 Å². The maximum atomic E-state index is 11.5. The van der Waals surface area contributed by atoms with Gasteiger partial charge >= 0.3 is 0 Å².